The summed E-state index contributed by atoms with van der Waals surface area (Å²) in [5, 5.41) is 10.5. The van der Waals surface area contributed by atoms with Gasteiger partial charge >= 0.3 is 0 Å². The van der Waals surface area contributed by atoms with Crippen molar-refractivity contribution in [2.75, 3.05) is 11.9 Å². The van der Waals surface area contributed by atoms with Crippen LogP contribution < -0.4 is 10.6 Å². The number of hydrogen-bond acceptors (Lipinski definition) is 3. The molecule has 0 spiro atoms. The molecule has 0 bridgehead atoms. The predicted octanol–water partition coefficient (Wildman–Crippen LogP) is 2.33. The van der Waals surface area contributed by atoms with Crippen molar-refractivity contribution < 1.29 is 4.79 Å². The molecule has 0 aliphatic rings. The average Bonchev–Trinajstić information content (AvgIpc) is 2.73. The Hall–Kier alpha value is -2.14. The van der Waals surface area contributed by atoms with Crippen LogP contribution in [0.5, 0.6) is 0 Å². The molecular formula is C17H24N4O. The Morgan fingerprint density at radius 3 is 2.73 bits per heavy atom. The smallest absolute Gasteiger partial charge is 0.238 e. The summed E-state index contributed by atoms with van der Waals surface area (Å²) in [6, 6.07) is 7.94. The highest BCUT2D eigenvalue weighted by atomic mass is 16.1. The molecule has 1 aromatic heterocycles. The maximum absolute atomic E-state index is 12.0. The fourth-order valence-electron chi connectivity index (χ4n) is 2.45. The van der Waals surface area contributed by atoms with Crippen LogP contribution in [0.15, 0.2) is 24.3 Å². The Morgan fingerprint density at radius 2 is 2.09 bits per heavy atom. The number of benzene rings is 1. The number of carbonyl (C=O) groups is 1. The van der Waals surface area contributed by atoms with Gasteiger partial charge in [-0.05, 0) is 38.0 Å². The fourth-order valence-corrected chi connectivity index (χ4v) is 2.45. The van der Waals surface area contributed by atoms with Crippen LogP contribution in [0.4, 0.5) is 5.69 Å². The highest BCUT2D eigenvalue weighted by molar-refractivity contribution is 5.92. The summed E-state index contributed by atoms with van der Waals surface area (Å²) in [5.74, 6) is -0.0348. The molecule has 2 rings (SSSR count). The second-order valence-corrected chi connectivity index (χ2v) is 5.48. The molecule has 0 unspecified atom stereocenters. The molecule has 22 heavy (non-hydrogen) atoms. The van der Waals surface area contributed by atoms with Gasteiger partial charge in [0, 0.05) is 30.5 Å². The zero-order valence-corrected chi connectivity index (χ0v) is 13.7. The second kappa shape index (κ2) is 7.22. The highest BCUT2D eigenvalue weighted by Gasteiger charge is 2.09. The molecule has 0 atom stereocenters. The lowest BCUT2D eigenvalue weighted by molar-refractivity contribution is -0.115. The van der Waals surface area contributed by atoms with E-state index < -0.39 is 0 Å². The van der Waals surface area contributed by atoms with Crippen LogP contribution in [-0.4, -0.2) is 22.2 Å². The number of nitrogens with zero attached hydrogens (tertiary/aromatic N) is 2. The largest absolute Gasteiger partial charge is 0.325 e. The van der Waals surface area contributed by atoms with Crippen LogP contribution in [0, 0.1) is 13.8 Å². The van der Waals surface area contributed by atoms with Crippen molar-refractivity contribution in [1.29, 1.82) is 0 Å². The van der Waals surface area contributed by atoms with Gasteiger partial charge in [0.05, 0.1) is 12.2 Å². The molecule has 0 aliphatic heterocycles. The topological polar surface area (TPSA) is 59.0 Å². The number of amides is 1. The summed E-state index contributed by atoms with van der Waals surface area (Å²) in [7, 11) is 1.93. The molecule has 0 aliphatic carbocycles. The minimum atomic E-state index is -0.0348. The normalized spacial score (nSPS) is 10.7. The van der Waals surface area contributed by atoms with Crippen LogP contribution in [0.2, 0.25) is 0 Å². The van der Waals surface area contributed by atoms with Gasteiger partial charge in [0.1, 0.15) is 0 Å². The van der Waals surface area contributed by atoms with E-state index in [0.29, 0.717) is 6.54 Å². The van der Waals surface area contributed by atoms with E-state index in [1.807, 2.05) is 43.8 Å². The Morgan fingerprint density at radius 1 is 1.32 bits per heavy atom. The van der Waals surface area contributed by atoms with Gasteiger partial charge < -0.3 is 10.6 Å². The summed E-state index contributed by atoms with van der Waals surface area (Å²) in [6.07, 6.45) is 0.960. The van der Waals surface area contributed by atoms with Crippen molar-refractivity contribution >= 4 is 11.6 Å². The molecule has 0 radical (unpaired) electrons. The molecule has 1 aromatic carbocycles. The minimum absolute atomic E-state index is 0.0348. The van der Waals surface area contributed by atoms with Crippen molar-refractivity contribution in [1.82, 2.24) is 15.1 Å². The molecule has 5 nitrogen and oxygen atoms in total. The third kappa shape index (κ3) is 3.95. The molecule has 1 heterocycles. The predicted molar refractivity (Wildman–Crippen MR) is 88.8 cm³/mol. The molecule has 0 fully saturated rings. The Balaban J connectivity index is 1.85. The summed E-state index contributed by atoms with van der Waals surface area (Å²) < 4.78 is 1.86. The van der Waals surface area contributed by atoms with Gasteiger partial charge in [-0.15, -0.1) is 0 Å². The average molecular weight is 300 g/mol. The van der Waals surface area contributed by atoms with Gasteiger partial charge in [-0.25, -0.2) is 0 Å². The van der Waals surface area contributed by atoms with Crippen LogP contribution >= 0.6 is 0 Å². The van der Waals surface area contributed by atoms with Crippen molar-refractivity contribution in [2.24, 2.45) is 7.05 Å². The molecule has 2 N–H and O–H groups in total. The van der Waals surface area contributed by atoms with Gasteiger partial charge in [-0.3, -0.25) is 9.48 Å². The fraction of sp³-hybridized carbons (Fsp3) is 0.412. The lowest BCUT2D eigenvalue weighted by Crippen LogP contribution is -2.28. The van der Waals surface area contributed by atoms with E-state index in [9.17, 15) is 4.79 Å². The molecule has 2 aromatic rings. The standard InChI is InChI=1S/C17H24N4O/c1-5-14-7-6-8-15(9-14)19-17(22)11-18-10-16-12(2)20-21(4)13(16)3/h6-9,18H,5,10-11H2,1-4H3,(H,19,22). The summed E-state index contributed by atoms with van der Waals surface area (Å²) >= 11 is 0. The first kappa shape index (κ1) is 16.2. The minimum Gasteiger partial charge on any atom is -0.325 e. The summed E-state index contributed by atoms with van der Waals surface area (Å²) in [5.41, 5.74) is 5.35. The first-order chi connectivity index (χ1) is 10.5. The van der Waals surface area contributed by atoms with E-state index in [4.69, 9.17) is 0 Å². The molecule has 1 amide bonds. The van der Waals surface area contributed by atoms with Crippen molar-refractivity contribution in [3.8, 4) is 0 Å². The molecule has 5 heteroatoms. The zero-order chi connectivity index (χ0) is 16.1. The van der Waals surface area contributed by atoms with E-state index in [1.54, 1.807) is 0 Å². The molecule has 0 saturated carbocycles. The van der Waals surface area contributed by atoms with Gasteiger partial charge in [-0.1, -0.05) is 19.1 Å². The van der Waals surface area contributed by atoms with E-state index in [-0.39, 0.29) is 12.5 Å². The van der Waals surface area contributed by atoms with Crippen molar-refractivity contribution in [3.05, 3.63) is 46.8 Å². The van der Waals surface area contributed by atoms with Crippen molar-refractivity contribution in [3.63, 3.8) is 0 Å². The maximum Gasteiger partial charge on any atom is 0.238 e. The summed E-state index contributed by atoms with van der Waals surface area (Å²) in [4.78, 5) is 12.0. The van der Waals surface area contributed by atoms with Gasteiger partial charge in [-0.2, -0.15) is 5.10 Å². The molecular weight excluding hydrogens is 276 g/mol. The van der Waals surface area contributed by atoms with E-state index in [2.05, 4.69) is 28.7 Å². The monoisotopic (exact) mass is 300 g/mol. The van der Waals surface area contributed by atoms with Crippen LogP contribution in [0.3, 0.4) is 0 Å². The first-order valence-corrected chi connectivity index (χ1v) is 7.59. The Labute approximate surface area is 131 Å². The quantitative estimate of drug-likeness (QED) is 0.861. The Kier molecular flexibility index (Phi) is 5.33. The van der Waals surface area contributed by atoms with E-state index in [0.717, 1.165) is 29.1 Å². The lowest BCUT2D eigenvalue weighted by Gasteiger charge is -2.08. The third-order valence-corrected chi connectivity index (χ3v) is 3.87. The molecule has 0 saturated heterocycles. The number of hydrogen-bond donors (Lipinski definition) is 2. The maximum atomic E-state index is 12.0. The SMILES string of the molecule is CCc1cccc(NC(=O)CNCc2c(C)nn(C)c2C)c1. The number of rotatable bonds is 6. The number of aryl methyl sites for hydroxylation is 3. The number of aromatic nitrogens is 2. The van der Waals surface area contributed by atoms with Crippen LogP contribution in [0.1, 0.15) is 29.4 Å². The van der Waals surface area contributed by atoms with Gasteiger partial charge in [0.2, 0.25) is 5.91 Å². The van der Waals surface area contributed by atoms with Crippen LogP contribution in [-0.2, 0) is 24.8 Å². The molecule has 118 valence electrons. The Bertz CT molecular complexity index is 661. The summed E-state index contributed by atoms with van der Waals surface area (Å²) in [6.45, 7) is 7.05. The van der Waals surface area contributed by atoms with E-state index >= 15 is 0 Å². The first-order valence-electron chi connectivity index (χ1n) is 7.59. The zero-order valence-electron chi connectivity index (χ0n) is 13.7. The van der Waals surface area contributed by atoms with Gasteiger partial charge in [0.15, 0.2) is 0 Å². The number of nitrogens with one attached hydrogen (secondary N) is 2. The third-order valence-electron chi connectivity index (χ3n) is 3.87. The van der Waals surface area contributed by atoms with E-state index in [1.165, 1.54) is 5.56 Å². The lowest BCUT2D eigenvalue weighted by atomic mass is 10.1. The highest BCUT2D eigenvalue weighted by Crippen LogP contribution is 2.12. The second-order valence-electron chi connectivity index (χ2n) is 5.48. The van der Waals surface area contributed by atoms with Crippen molar-refractivity contribution in [2.45, 2.75) is 33.7 Å². The van der Waals surface area contributed by atoms with Crippen LogP contribution in [0.25, 0.3) is 0 Å². The number of carbonyl (C=O) groups excluding carboxylic acids is 1. The van der Waals surface area contributed by atoms with Gasteiger partial charge in [0.25, 0.3) is 0 Å². The number of anilines is 1.